The Balaban J connectivity index is 2.32. The van der Waals surface area contributed by atoms with E-state index in [2.05, 4.69) is 48.5 Å². The molecule has 0 aliphatic rings. The van der Waals surface area contributed by atoms with Gasteiger partial charge in [-0.15, -0.1) is 0 Å². The van der Waals surface area contributed by atoms with Crippen LogP contribution in [0.25, 0.3) is 10.8 Å². The molecule has 2 rings (SSSR count). The summed E-state index contributed by atoms with van der Waals surface area (Å²) in [7, 11) is 0. The van der Waals surface area contributed by atoms with Gasteiger partial charge in [0.15, 0.2) is 0 Å². The Morgan fingerprint density at radius 1 is 1.12 bits per heavy atom. The molecule has 2 aromatic rings. The lowest BCUT2D eigenvalue weighted by Crippen LogP contribution is -2.05. The number of hydrogen-bond acceptors (Lipinski definition) is 1. The molecule has 82 valence electrons. The Bertz CT molecular complexity index is 512. The Morgan fingerprint density at radius 3 is 2.56 bits per heavy atom. The lowest BCUT2D eigenvalue weighted by Gasteiger charge is -2.05. The van der Waals surface area contributed by atoms with Crippen LogP contribution < -0.4 is 5.73 Å². The van der Waals surface area contributed by atoms with E-state index in [1.54, 1.807) is 0 Å². The summed E-state index contributed by atoms with van der Waals surface area (Å²) in [4.78, 5) is 0. The highest BCUT2D eigenvalue weighted by Crippen LogP contribution is 2.17. The van der Waals surface area contributed by atoms with E-state index in [1.807, 2.05) is 6.92 Å². The predicted octanol–water partition coefficient (Wildman–Crippen LogP) is 3.29. The zero-order valence-corrected chi connectivity index (χ0v) is 9.61. The van der Waals surface area contributed by atoms with Gasteiger partial charge >= 0.3 is 0 Å². The van der Waals surface area contributed by atoms with Crippen LogP contribution >= 0.6 is 0 Å². The van der Waals surface area contributed by atoms with Crippen LogP contribution in [0.4, 0.5) is 0 Å². The van der Waals surface area contributed by atoms with Crippen molar-refractivity contribution in [1.82, 2.24) is 0 Å². The standard InChI is InChI=1S/C15H17N/c1-2-12(11-16)9-13-7-8-14-5-3-4-6-15(14)10-13/h2-8,10H,9,11,16H2,1H3/b12-2-. The molecule has 0 aliphatic carbocycles. The summed E-state index contributed by atoms with van der Waals surface area (Å²) in [6, 6.07) is 15.0. The van der Waals surface area contributed by atoms with Gasteiger partial charge in [-0.2, -0.15) is 0 Å². The molecule has 0 unspecified atom stereocenters. The van der Waals surface area contributed by atoms with Crippen LogP contribution in [-0.2, 0) is 6.42 Å². The fraction of sp³-hybridized carbons (Fsp3) is 0.200. The SMILES string of the molecule is C/C=C(\CN)Cc1ccc2ccccc2c1. The van der Waals surface area contributed by atoms with Gasteiger partial charge in [-0.1, -0.05) is 54.1 Å². The molecular weight excluding hydrogens is 194 g/mol. The minimum absolute atomic E-state index is 0.642. The maximum absolute atomic E-state index is 5.68. The van der Waals surface area contributed by atoms with E-state index in [4.69, 9.17) is 5.73 Å². The second-order valence-corrected chi connectivity index (χ2v) is 4.01. The maximum atomic E-state index is 5.68. The smallest absolute Gasteiger partial charge is 0.0140 e. The number of fused-ring (bicyclic) bond motifs is 1. The molecule has 0 aromatic heterocycles. The molecule has 0 saturated carbocycles. The van der Waals surface area contributed by atoms with Crippen LogP contribution in [0, 0.1) is 0 Å². The second-order valence-electron chi connectivity index (χ2n) is 4.01. The van der Waals surface area contributed by atoms with Crippen molar-refractivity contribution in [3.63, 3.8) is 0 Å². The monoisotopic (exact) mass is 211 g/mol. The number of allylic oxidation sites excluding steroid dienone is 1. The molecule has 0 saturated heterocycles. The number of benzene rings is 2. The Kier molecular flexibility index (Phi) is 3.37. The molecule has 0 bridgehead atoms. The zero-order valence-electron chi connectivity index (χ0n) is 9.61. The highest BCUT2D eigenvalue weighted by Gasteiger charge is 1.98. The van der Waals surface area contributed by atoms with Crippen molar-refractivity contribution in [1.29, 1.82) is 0 Å². The highest BCUT2D eigenvalue weighted by molar-refractivity contribution is 5.83. The molecule has 0 atom stereocenters. The number of hydrogen-bond donors (Lipinski definition) is 1. The second kappa shape index (κ2) is 4.95. The van der Waals surface area contributed by atoms with Gasteiger partial charge < -0.3 is 5.73 Å². The molecule has 0 fully saturated rings. The van der Waals surface area contributed by atoms with E-state index in [9.17, 15) is 0 Å². The molecule has 1 nitrogen and oxygen atoms in total. The maximum Gasteiger partial charge on any atom is 0.0140 e. The third-order valence-electron chi connectivity index (χ3n) is 2.92. The Morgan fingerprint density at radius 2 is 1.88 bits per heavy atom. The minimum Gasteiger partial charge on any atom is -0.327 e. The van der Waals surface area contributed by atoms with Crippen LogP contribution in [-0.4, -0.2) is 6.54 Å². The van der Waals surface area contributed by atoms with Crippen molar-refractivity contribution in [3.05, 3.63) is 59.7 Å². The van der Waals surface area contributed by atoms with Crippen LogP contribution in [0.1, 0.15) is 12.5 Å². The van der Waals surface area contributed by atoms with Gasteiger partial charge in [-0.3, -0.25) is 0 Å². The molecule has 2 N–H and O–H groups in total. The van der Waals surface area contributed by atoms with Crippen molar-refractivity contribution in [3.8, 4) is 0 Å². The third kappa shape index (κ3) is 2.31. The average molecular weight is 211 g/mol. The summed E-state index contributed by atoms with van der Waals surface area (Å²) in [5, 5.41) is 2.59. The van der Waals surface area contributed by atoms with Crippen molar-refractivity contribution in [2.75, 3.05) is 6.54 Å². The van der Waals surface area contributed by atoms with Crippen LogP contribution in [0.15, 0.2) is 54.1 Å². The van der Waals surface area contributed by atoms with Gasteiger partial charge in [-0.05, 0) is 29.7 Å². The summed E-state index contributed by atoms with van der Waals surface area (Å²) in [5.74, 6) is 0. The Labute approximate surface area is 96.6 Å². The third-order valence-corrected chi connectivity index (χ3v) is 2.92. The van der Waals surface area contributed by atoms with Gasteiger partial charge in [0.1, 0.15) is 0 Å². The first kappa shape index (κ1) is 10.9. The van der Waals surface area contributed by atoms with Gasteiger partial charge in [0, 0.05) is 6.54 Å². The summed E-state index contributed by atoms with van der Waals surface area (Å²) in [6.07, 6.45) is 3.06. The molecule has 0 heterocycles. The van der Waals surface area contributed by atoms with Crippen molar-refractivity contribution < 1.29 is 0 Å². The first-order valence-corrected chi connectivity index (χ1v) is 5.65. The lowest BCUT2D eigenvalue weighted by atomic mass is 10.0. The van der Waals surface area contributed by atoms with E-state index in [0.29, 0.717) is 6.54 Å². The molecule has 0 spiro atoms. The Hall–Kier alpha value is -1.60. The van der Waals surface area contributed by atoms with E-state index in [1.165, 1.54) is 21.9 Å². The van der Waals surface area contributed by atoms with Gasteiger partial charge in [0.05, 0.1) is 0 Å². The highest BCUT2D eigenvalue weighted by atomic mass is 14.5. The molecule has 1 heteroatoms. The van der Waals surface area contributed by atoms with Gasteiger partial charge in [-0.25, -0.2) is 0 Å². The predicted molar refractivity (Wildman–Crippen MR) is 70.5 cm³/mol. The van der Waals surface area contributed by atoms with Crippen LogP contribution in [0.5, 0.6) is 0 Å². The molecule has 0 aliphatic heterocycles. The van der Waals surface area contributed by atoms with Crippen molar-refractivity contribution in [2.45, 2.75) is 13.3 Å². The van der Waals surface area contributed by atoms with E-state index in [-0.39, 0.29) is 0 Å². The van der Waals surface area contributed by atoms with Crippen LogP contribution in [0.3, 0.4) is 0 Å². The van der Waals surface area contributed by atoms with Crippen LogP contribution in [0.2, 0.25) is 0 Å². The fourth-order valence-electron chi connectivity index (χ4n) is 1.90. The van der Waals surface area contributed by atoms with Crippen molar-refractivity contribution in [2.24, 2.45) is 5.73 Å². The minimum atomic E-state index is 0.642. The normalized spacial score (nSPS) is 12.0. The first-order chi connectivity index (χ1) is 7.83. The van der Waals surface area contributed by atoms with E-state index < -0.39 is 0 Å². The quantitative estimate of drug-likeness (QED) is 0.775. The van der Waals surface area contributed by atoms with Crippen molar-refractivity contribution >= 4 is 10.8 Å². The average Bonchev–Trinajstić information content (AvgIpc) is 2.35. The van der Waals surface area contributed by atoms with Gasteiger partial charge in [0.2, 0.25) is 0 Å². The molecule has 0 amide bonds. The summed E-state index contributed by atoms with van der Waals surface area (Å²) in [6.45, 7) is 2.69. The molecule has 0 radical (unpaired) electrons. The fourth-order valence-corrected chi connectivity index (χ4v) is 1.90. The van der Waals surface area contributed by atoms with E-state index in [0.717, 1.165) is 6.42 Å². The lowest BCUT2D eigenvalue weighted by molar-refractivity contribution is 1.03. The van der Waals surface area contributed by atoms with E-state index >= 15 is 0 Å². The number of nitrogens with two attached hydrogens (primary N) is 1. The molecule has 2 aromatic carbocycles. The summed E-state index contributed by atoms with van der Waals surface area (Å²) < 4.78 is 0. The zero-order chi connectivity index (χ0) is 11.4. The summed E-state index contributed by atoms with van der Waals surface area (Å²) >= 11 is 0. The van der Waals surface area contributed by atoms with Gasteiger partial charge in [0.25, 0.3) is 0 Å². The topological polar surface area (TPSA) is 26.0 Å². The largest absolute Gasteiger partial charge is 0.327 e. The molecule has 16 heavy (non-hydrogen) atoms. The first-order valence-electron chi connectivity index (χ1n) is 5.65. The summed E-state index contributed by atoms with van der Waals surface area (Å²) in [5.41, 5.74) is 8.29. The molecular formula is C15H17N. The number of rotatable bonds is 3.